The van der Waals surface area contributed by atoms with E-state index < -0.39 is 0 Å². The molecule has 19 heavy (non-hydrogen) atoms. The Morgan fingerprint density at radius 2 is 1.79 bits per heavy atom. The third kappa shape index (κ3) is 2.81. The molecule has 0 spiro atoms. The van der Waals surface area contributed by atoms with Gasteiger partial charge < -0.3 is 4.74 Å². The molecule has 1 heterocycles. The molecule has 0 aromatic carbocycles. The summed E-state index contributed by atoms with van der Waals surface area (Å²) in [5.41, 5.74) is 0. The highest BCUT2D eigenvalue weighted by atomic mass is 16.5. The summed E-state index contributed by atoms with van der Waals surface area (Å²) in [6.45, 7) is 4.09. The van der Waals surface area contributed by atoms with E-state index in [1.165, 1.54) is 64.5 Å². The number of piperidine rings is 1. The fourth-order valence-electron chi connectivity index (χ4n) is 4.69. The van der Waals surface area contributed by atoms with Crippen LogP contribution in [0.3, 0.4) is 0 Å². The number of carbonyl (C=O) groups is 1. The molecule has 0 aromatic heterocycles. The summed E-state index contributed by atoms with van der Waals surface area (Å²) in [7, 11) is 0. The molecule has 3 nitrogen and oxygen atoms in total. The van der Waals surface area contributed by atoms with Gasteiger partial charge in [0.2, 0.25) is 0 Å². The lowest BCUT2D eigenvalue weighted by Gasteiger charge is -2.50. The van der Waals surface area contributed by atoms with E-state index in [0.29, 0.717) is 17.9 Å². The number of esters is 1. The first-order valence-corrected chi connectivity index (χ1v) is 8.17. The highest BCUT2D eigenvalue weighted by molar-refractivity contribution is 5.66. The van der Waals surface area contributed by atoms with Crippen LogP contribution in [0.2, 0.25) is 0 Å². The largest absolute Gasteiger partial charge is 0.462 e. The number of nitrogens with zero attached hydrogens (tertiary/aromatic N) is 1. The molecule has 2 saturated carbocycles. The molecule has 3 fully saturated rings. The lowest BCUT2D eigenvalue weighted by atomic mass is 9.67. The summed E-state index contributed by atoms with van der Waals surface area (Å²) in [5.74, 6) is 1.17. The van der Waals surface area contributed by atoms with Crippen LogP contribution in [0, 0.1) is 11.8 Å². The highest BCUT2D eigenvalue weighted by Gasteiger charge is 2.45. The molecule has 0 N–H and O–H groups in total. The van der Waals surface area contributed by atoms with Gasteiger partial charge in [0.05, 0.1) is 0 Å². The summed E-state index contributed by atoms with van der Waals surface area (Å²) in [4.78, 5) is 14.1. The van der Waals surface area contributed by atoms with Crippen molar-refractivity contribution in [2.45, 2.75) is 70.4 Å². The summed E-state index contributed by atoms with van der Waals surface area (Å²) >= 11 is 0. The van der Waals surface area contributed by atoms with E-state index in [-0.39, 0.29) is 12.1 Å². The Morgan fingerprint density at radius 3 is 2.53 bits per heavy atom. The molecule has 2 bridgehead atoms. The standard InChI is InChI=1S/C16H27NO2/c1-12(18)19-16-13-6-5-7-14(16)15(9-8-13)17-10-3-2-4-11-17/h13-16H,2-11H2,1H3/t13-,14-,15-,16-/m1/s1. The Hall–Kier alpha value is -0.570. The number of hydrogen-bond acceptors (Lipinski definition) is 3. The second kappa shape index (κ2) is 5.82. The number of fused-ring (bicyclic) bond motifs is 2. The molecule has 1 aliphatic heterocycles. The van der Waals surface area contributed by atoms with Crippen LogP contribution >= 0.6 is 0 Å². The smallest absolute Gasteiger partial charge is 0.302 e. The van der Waals surface area contributed by atoms with E-state index in [1.807, 2.05) is 0 Å². The van der Waals surface area contributed by atoms with Crippen molar-refractivity contribution in [2.24, 2.45) is 11.8 Å². The van der Waals surface area contributed by atoms with E-state index in [9.17, 15) is 4.79 Å². The Bertz CT molecular complexity index is 325. The Balaban J connectivity index is 1.72. The predicted octanol–water partition coefficient (Wildman–Crippen LogP) is 2.98. The van der Waals surface area contributed by atoms with Gasteiger partial charge in [0.1, 0.15) is 6.10 Å². The van der Waals surface area contributed by atoms with Gasteiger partial charge in [0.15, 0.2) is 0 Å². The van der Waals surface area contributed by atoms with E-state index in [4.69, 9.17) is 4.74 Å². The Morgan fingerprint density at radius 1 is 1.00 bits per heavy atom. The number of hydrogen-bond donors (Lipinski definition) is 0. The summed E-state index contributed by atoms with van der Waals surface area (Å²) < 4.78 is 5.71. The topological polar surface area (TPSA) is 29.5 Å². The molecule has 0 radical (unpaired) electrons. The van der Waals surface area contributed by atoms with Crippen LogP contribution in [0.15, 0.2) is 0 Å². The van der Waals surface area contributed by atoms with Gasteiger partial charge in [-0.3, -0.25) is 9.69 Å². The van der Waals surface area contributed by atoms with Crippen molar-refractivity contribution in [3.8, 4) is 0 Å². The molecule has 0 amide bonds. The van der Waals surface area contributed by atoms with Crippen molar-refractivity contribution in [3.63, 3.8) is 0 Å². The minimum absolute atomic E-state index is 0.0822. The van der Waals surface area contributed by atoms with Crippen LogP contribution in [0.25, 0.3) is 0 Å². The van der Waals surface area contributed by atoms with E-state index in [0.717, 1.165) is 0 Å². The van der Waals surface area contributed by atoms with Crippen LogP contribution in [0.5, 0.6) is 0 Å². The molecule has 1 saturated heterocycles. The first-order chi connectivity index (χ1) is 9.25. The maximum Gasteiger partial charge on any atom is 0.302 e. The molecular weight excluding hydrogens is 238 g/mol. The second-order valence-electron chi connectivity index (χ2n) is 6.67. The minimum atomic E-state index is -0.0822. The van der Waals surface area contributed by atoms with Crippen LogP contribution in [-0.4, -0.2) is 36.1 Å². The van der Waals surface area contributed by atoms with Crippen molar-refractivity contribution in [2.75, 3.05) is 13.1 Å². The maximum atomic E-state index is 11.4. The third-order valence-electron chi connectivity index (χ3n) is 5.49. The molecule has 3 rings (SSSR count). The van der Waals surface area contributed by atoms with E-state index in [2.05, 4.69) is 4.90 Å². The summed E-state index contributed by atoms with van der Waals surface area (Å²) in [6, 6.07) is 0.682. The number of ether oxygens (including phenoxy) is 1. The normalized spacial score (nSPS) is 39.8. The van der Waals surface area contributed by atoms with E-state index >= 15 is 0 Å². The molecule has 4 atom stereocenters. The van der Waals surface area contributed by atoms with Crippen molar-refractivity contribution in [3.05, 3.63) is 0 Å². The van der Waals surface area contributed by atoms with Crippen LogP contribution in [-0.2, 0) is 9.53 Å². The fraction of sp³-hybridized carbons (Fsp3) is 0.938. The average molecular weight is 265 g/mol. The zero-order valence-electron chi connectivity index (χ0n) is 12.1. The minimum Gasteiger partial charge on any atom is -0.462 e. The molecule has 3 aliphatic rings. The first kappa shape index (κ1) is 13.4. The highest BCUT2D eigenvalue weighted by Crippen LogP contribution is 2.44. The SMILES string of the molecule is CC(=O)O[C@@H]1[C@@H]2CCC[C@@H]1[C@H](N1CCCCC1)CC2. The van der Waals surface area contributed by atoms with Crippen molar-refractivity contribution < 1.29 is 9.53 Å². The predicted molar refractivity (Wildman–Crippen MR) is 74.8 cm³/mol. The molecule has 3 heteroatoms. The lowest BCUT2D eigenvalue weighted by molar-refractivity contribution is -0.162. The third-order valence-corrected chi connectivity index (χ3v) is 5.49. The van der Waals surface area contributed by atoms with Crippen LogP contribution < -0.4 is 0 Å². The zero-order chi connectivity index (χ0) is 13.2. The quantitative estimate of drug-likeness (QED) is 0.719. The second-order valence-corrected chi connectivity index (χ2v) is 6.67. The maximum absolute atomic E-state index is 11.4. The molecule has 108 valence electrons. The Labute approximate surface area is 116 Å². The van der Waals surface area contributed by atoms with Crippen molar-refractivity contribution in [1.29, 1.82) is 0 Å². The molecular formula is C16H27NO2. The van der Waals surface area contributed by atoms with Crippen LogP contribution in [0.1, 0.15) is 58.3 Å². The van der Waals surface area contributed by atoms with Gasteiger partial charge in [-0.05, 0) is 57.5 Å². The van der Waals surface area contributed by atoms with E-state index in [1.54, 1.807) is 6.92 Å². The van der Waals surface area contributed by atoms with Gasteiger partial charge in [-0.15, -0.1) is 0 Å². The Kier molecular flexibility index (Phi) is 4.11. The molecule has 0 unspecified atom stereocenters. The van der Waals surface area contributed by atoms with Gasteiger partial charge in [0.25, 0.3) is 0 Å². The average Bonchev–Trinajstić information content (AvgIpc) is 2.39. The molecule has 2 aliphatic carbocycles. The summed E-state index contributed by atoms with van der Waals surface area (Å²) in [6.07, 6.45) is 10.8. The first-order valence-electron chi connectivity index (χ1n) is 8.17. The van der Waals surface area contributed by atoms with Gasteiger partial charge >= 0.3 is 5.97 Å². The van der Waals surface area contributed by atoms with Gasteiger partial charge in [-0.2, -0.15) is 0 Å². The number of carbonyl (C=O) groups excluding carboxylic acids is 1. The number of likely N-dealkylation sites (tertiary alicyclic amines) is 1. The van der Waals surface area contributed by atoms with Crippen molar-refractivity contribution in [1.82, 2.24) is 4.90 Å². The van der Waals surface area contributed by atoms with Crippen LogP contribution in [0.4, 0.5) is 0 Å². The van der Waals surface area contributed by atoms with Gasteiger partial charge in [0, 0.05) is 18.9 Å². The van der Waals surface area contributed by atoms with Gasteiger partial charge in [-0.25, -0.2) is 0 Å². The number of rotatable bonds is 2. The summed E-state index contributed by atoms with van der Waals surface area (Å²) in [5, 5.41) is 0. The molecule has 0 aromatic rings. The monoisotopic (exact) mass is 265 g/mol. The lowest BCUT2D eigenvalue weighted by Crippen LogP contribution is -2.54. The zero-order valence-corrected chi connectivity index (χ0v) is 12.1. The van der Waals surface area contributed by atoms with Crippen molar-refractivity contribution >= 4 is 5.97 Å². The fourth-order valence-corrected chi connectivity index (χ4v) is 4.69. The van der Waals surface area contributed by atoms with Gasteiger partial charge in [-0.1, -0.05) is 12.8 Å².